The van der Waals surface area contributed by atoms with E-state index in [9.17, 15) is 13.2 Å². The van der Waals surface area contributed by atoms with Gasteiger partial charge in [-0.3, -0.25) is 4.79 Å². The number of para-hydroxylation sites is 1. The van der Waals surface area contributed by atoms with Gasteiger partial charge >= 0.3 is 0 Å². The Morgan fingerprint density at radius 1 is 1.00 bits per heavy atom. The molecule has 0 N–H and O–H groups in total. The molecule has 0 spiro atoms. The van der Waals surface area contributed by atoms with Crippen LogP contribution in [0, 0.1) is 26.7 Å². The average Bonchev–Trinajstić information content (AvgIpc) is 3.30. The minimum absolute atomic E-state index is 0.00246. The summed E-state index contributed by atoms with van der Waals surface area (Å²) >= 11 is 0. The molecule has 33 heavy (non-hydrogen) atoms. The van der Waals surface area contributed by atoms with E-state index in [-0.39, 0.29) is 11.8 Å². The van der Waals surface area contributed by atoms with Crippen molar-refractivity contribution in [2.24, 2.45) is 5.92 Å². The van der Waals surface area contributed by atoms with Crippen LogP contribution in [-0.2, 0) is 21.4 Å². The second-order valence-electron chi connectivity index (χ2n) is 8.75. The van der Waals surface area contributed by atoms with Gasteiger partial charge in [0.15, 0.2) is 0 Å². The van der Waals surface area contributed by atoms with Gasteiger partial charge in [-0.2, -0.15) is 4.31 Å². The molecule has 174 valence electrons. The SMILES string of the molecule is Cc1cc(C)c(S(=O)(=O)N2CCC(C(=O)N(Cc3ccco3)c3ccccc3)CC2)c(C)c1. The number of anilines is 1. The molecule has 1 aliphatic heterocycles. The summed E-state index contributed by atoms with van der Waals surface area (Å²) in [6, 6.07) is 17.0. The molecular weight excluding hydrogens is 436 g/mol. The van der Waals surface area contributed by atoms with Gasteiger partial charge in [0.1, 0.15) is 5.76 Å². The zero-order chi connectivity index (χ0) is 23.6. The fraction of sp³-hybridized carbons (Fsp3) is 0.346. The summed E-state index contributed by atoms with van der Waals surface area (Å²) in [5.74, 6) is 0.460. The number of benzene rings is 2. The number of carbonyl (C=O) groups excluding carboxylic acids is 1. The van der Waals surface area contributed by atoms with Gasteiger partial charge in [0.05, 0.1) is 17.7 Å². The Morgan fingerprint density at radius 3 is 2.21 bits per heavy atom. The van der Waals surface area contributed by atoms with Gasteiger partial charge in [-0.25, -0.2) is 8.42 Å². The van der Waals surface area contributed by atoms with E-state index in [1.807, 2.05) is 69.3 Å². The van der Waals surface area contributed by atoms with E-state index < -0.39 is 10.0 Å². The first-order valence-corrected chi connectivity index (χ1v) is 12.7. The lowest BCUT2D eigenvalue weighted by Crippen LogP contribution is -2.44. The maximum absolute atomic E-state index is 13.5. The molecule has 0 radical (unpaired) electrons. The second kappa shape index (κ2) is 9.53. The molecule has 0 bridgehead atoms. The number of hydrogen-bond acceptors (Lipinski definition) is 4. The fourth-order valence-electron chi connectivity index (χ4n) is 4.73. The minimum atomic E-state index is -3.61. The Bertz CT molecular complexity index is 1190. The molecule has 0 saturated carbocycles. The van der Waals surface area contributed by atoms with Crippen molar-refractivity contribution in [3.8, 4) is 0 Å². The quantitative estimate of drug-likeness (QED) is 0.521. The largest absolute Gasteiger partial charge is 0.467 e. The van der Waals surface area contributed by atoms with Crippen LogP contribution in [0.1, 0.15) is 35.3 Å². The monoisotopic (exact) mass is 466 g/mol. The third-order valence-corrected chi connectivity index (χ3v) is 8.44. The fourth-order valence-corrected chi connectivity index (χ4v) is 6.61. The topological polar surface area (TPSA) is 70.8 Å². The van der Waals surface area contributed by atoms with Crippen LogP contribution in [-0.4, -0.2) is 31.7 Å². The summed E-state index contributed by atoms with van der Waals surface area (Å²) in [7, 11) is -3.61. The predicted molar refractivity (Wildman–Crippen MR) is 128 cm³/mol. The van der Waals surface area contributed by atoms with Crippen molar-refractivity contribution in [1.82, 2.24) is 4.31 Å². The van der Waals surface area contributed by atoms with Crippen molar-refractivity contribution in [3.63, 3.8) is 0 Å². The third kappa shape index (κ3) is 4.89. The van der Waals surface area contributed by atoms with Gasteiger partial charge < -0.3 is 9.32 Å². The maximum atomic E-state index is 13.5. The van der Waals surface area contributed by atoms with E-state index in [0.717, 1.165) is 22.4 Å². The van der Waals surface area contributed by atoms with Gasteiger partial charge in [0.25, 0.3) is 0 Å². The van der Waals surface area contributed by atoms with Gasteiger partial charge in [-0.05, 0) is 69.0 Å². The number of hydrogen-bond donors (Lipinski definition) is 0. The van der Waals surface area contributed by atoms with Gasteiger partial charge in [-0.1, -0.05) is 35.9 Å². The van der Waals surface area contributed by atoms with Gasteiger partial charge in [0.2, 0.25) is 15.9 Å². The molecule has 2 heterocycles. The molecule has 1 amide bonds. The molecule has 6 nitrogen and oxygen atoms in total. The summed E-state index contributed by atoms with van der Waals surface area (Å²) in [6.07, 6.45) is 2.58. The van der Waals surface area contributed by atoms with Crippen LogP contribution in [0.4, 0.5) is 5.69 Å². The number of rotatable bonds is 6. The van der Waals surface area contributed by atoms with Crippen molar-refractivity contribution < 1.29 is 17.6 Å². The number of sulfonamides is 1. The molecule has 4 rings (SSSR count). The first-order valence-electron chi connectivity index (χ1n) is 11.2. The Labute approximate surface area is 195 Å². The number of nitrogens with zero attached hydrogens (tertiary/aromatic N) is 2. The molecular formula is C26H30N2O4S. The number of amides is 1. The van der Waals surface area contributed by atoms with Gasteiger partial charge in [0, 0.05) is 24.7 Å². The molecule has 1 fully saturated rings. The number of furan rings is 1. The molecule has 7 heteroatoms. The standard InChI is InChI=1S/C26H30N2O4S/c1-19-16-20(2)25(21(3)17-19)33(30,31)27-13-11-22(12-14-27)26(29)28(18-24-10-7-15-32-24)23-8-5-4-6-9-23/h4-10,15-17,22H,11-14,18H2,1-3H3. The summed E-state index contributed by atoms with van der Waals surface area (Å²) in [5.41, 5.74) is 3.38. The van der Waals surface area contributed by atoms with E-state index in [4.69, 9.17) is 4.42 Å². The van der Waals surface area contributed by atoms with Crippen molar-refractivity contribution in [2.45, 2.75) is 45.1 Å². The zero-order valence-corrected chi connectivity index (χ0v) is 20.1. The van der Waals surface area contributed by atoms with Crippen molar-refractivity contribution in [3.05, 3.63) is 83.3 Å². The summed E-state index contributed by atoms with van der Waals surface area (Å²) in [4.78, 5) is 15.6. The van der Waals surface area contributed by atoms with Crippen molar-refractivity contribution in [2.75, 3.05) is 18.0 Å². The Hall–Kier alpha value is -2.90. The van der Waals surface area contributed by atoms with Crippen LogP contribution in [0.15, 0.2) is 70.2 Å². The normalized spacial score (nSPS) is 15.5. The first-order chi connectivity index (χ1) is 15.8. The Kier molecular flexibility index (Phi) is 6.72. The average molecular weight is 467 g/mol. The molecule has 1 aliphatic rings. The molecule has 3 aromatic rings. The van der Waals surface area contributed by atoms with Crippen LogP contribution in [0.5, 0.6) is 0 Å². The van der Waals surface area contributed by atoms with Crippen LogP contribution in [0.3, 0.4) is 0 Å². The highest BCUT2D eigenvalue weighted by Gasteiger charge is 2.35. The molecule has 0 aliphatic carbocycles. The van der Waals surface area contributed by atoms with Crippen LogP contribution in [0.2, 0.25) is 0 Å². The predicted octanol–water partition coefficient (Wildman–Crippen LogP) is 4.84. The lowest BCUT2D eigenvalue weighted by atomic mass is 9.96. The number of piperidine rings is 1. The molecule has 1 saturated heterocycles. The van der Waals surface area contributed by atoms with E-state index in [0.29, 0.717) is 43.1 Å². The molecule has 2 aromatic carbocycles. The Morgan fingerprint density at radius 2 is 1.64 bits per heavy atom. The maximum Gasteiger partial charge on any atom is 0.243 e. The highest BCUT2D eigenvalue weighted by Crippen LogP contribution is 2.30. The van der Waals surface area contributed by atoms with Gasteiger partial charge in [-0.15, -0.1) is 0 Å². The second-order valence-corrected chi connectivity index (χ2v) is 10.6. The van der Waals surface area contributed by atoms with Crippen LogP contribution in [0.25, 0.3) is 0 Å². The zero-order valence-electron chi connectivity index (χ0n) is 19.3. The first kappa shape index (κ1) is 23.3. The minimum Gasteiger partial charge on any atom is -0.467 e. The lowest BCUT2D eigenvalue weighted by molar-refractivity contribution is -0.123. The summed E-state index contributed by atoms with van der Waals surface area (Å²) in [5, 5.41) is 0. The molecule has 1 aromatic heterocycles. The van der Waals surface area contributed by atoms with Crippen LogP contribution < -0.4 is 4.90 Å². The number of carbonyl (C=O) groups is 1. The van der Waals surface area contributed by atoms with Crippen molar-refractivity contribution in [1.29, 1.82) is 0 Å². The third-order valence-electron chi connectivity index (χ3n) is 6.23. The van der Waals surface area contributed by atoms with Crippen molar-refractivity contribution >= 4 is 21.6 Å². The summed E-state index contributed by atoms with van der Waals surface area (Å²) in [6.45, 7) is 6.65. The van der Waals surface area contributed by atoms with E-state index >= 15 is 0 Å². The van der Waals surface area contributed by atoms with E-state index in [1.165, 1.54) is 4.31 Å². The van der Waals surface area contributed by atoms with E-state index in [2.05, 4.69) is 0 Å². The summed E-state index contributed by atoms with van der Waals surface area (Å²) < 4.78 is 33.8. The van der Waals surface area contributed by atoms with Crippen LogP contribution >= 0.6 is 0 Å². The molecule has 0 atom stereocenters. The highest BCUT2D eigenvalue weighted by molar-refractivity contribution is 7.89. The Balaban J connectivity index is 1.51. The lowest BCUT2D eigenvalue weighted by Gasteiger charge is -2.34. The highest BCUT2D eigenvalue weighted by atomic mass is 32.2. The molecule has 0 unspecified atom stereocenters. The van der Waals surface area contributed by atoms with E-state index in [1.54, 1.807) is 17.2 Å². The number of aryl methyl sites for hydroxylation is 3. The smallest absolute Gasteiger partial charge is 0.243 e.